The van der Waals surface area contributed by atoms with Gasteiger partial charge in [-0.1, -0.05) is 11.6 Å². The van der Waals surface area contributed by atoms with Crippen molar-refractivity contribution < 1.29 is 0 Å². The number of pyridine rings is 1. The van der Waals surface area contributed by atoms with E-state index in [1.807, 2.05) is 29.9 Å². The molecule has 3 nitrogen and oxygen atoms in total. The maximum Gasteiger partial charge on any atom is 0.174 e. The molecule has 2 rings (SSSR count). The highest BCUT2D eigenvalue weighted by atomic mass is 35.5. The maximum absolute atomic E-state index is 5.97. The minimum absolute atomic E-state index is 0.653. The molecule has 0 amide bonds. The smallest absolute Gasteiger partial charge is 0.174 e. The second kappa shape index (κ2) is 4.02. The molecule has 14 heavy (non-hydrogen) atoms. The molecule has 2 aromatic rings. The van der Waals surface area contributed by atoms with Gasteiger partial charge in [-0.05, 0) is 23.9 Å². The summed E-state index contributed by atoms with van der Waals surface area (Å²) < 4.78 is 1.93. The van der Waals surface area contributed by atoms with Crippen LogP contribution >= 0.6 is 23.4 Å². The fourth-order valence-corrected chi connectivity index (χ4v) is 1.99. The fourth-order valence-electron chi connectivity index (χ4n) is 0.983. The highest BCUT2D eigenvalue weighted by Crippen LogP contribution is 2.29. The third-order valence-electron chi connectivity index (χ3n) is 1.69. The highest BCUT2D eigenvalue weighted by molar-refractivity contribution is 7.99. The summed E-state index contributed by atoms with van der Waals surface area (Å²) in [7, 11) is 1.94. The molecule has 0 fully saturated rings. The maximum atomic E-state index is 5.97. The lowest BCUT2D eigenvalue weighted by Gasteiger charge is -2.01. The minimum atomic E-state index is 0.653. The summed E-state index contributed by atoms with van der Waals surface area (Å²) in [5.74, 6) is 0. The van der Waals surface area contributed by atoms with Gasteiger partial charge >= 0.3 is 0 Å². The van der Waals surface area contributed by atoms with E-state index in [-0.39, 0.29) is 0 Å². The zero-order chi connectivity index (χ0) is 9.97. The summed E-state index contributed by atoms with van der Waals surface area (Å²) in [6.07, 6.45) is 5.36. The Hall–Kier alpha value is -1.00. The van der Waals surface area contributed by atoms with Crippen LogP contribution in [0.3, 0.4) is 0 Å². The average Bonchev–Trinajstić information content (AvgIpc) is 2.56. The van der Waals surface area contributed by atoms with Crippen molar-refractivity contribution in [3.63, 3.8) is 0 Å². The molecule has 2 aromatic heterocycles. The first kappa shape index (κ1) is 9.55. The van der Waals surface area contributed by atoms with Crippen molar-refractivity contribution in [2.45, 2.75) is 10.2 Å². The van der Waals surface area contributed by atoms with Crippen LogP contribution in [0.5, 0.6) is 0 Å². The van der Waals surface area contributed by atoms with Gasteiger partial charge in [0.15, 0.2) is 5.16 Å². The van der Waals surface area contributed by atoms with Crippen molar-refractivity contribution >= 4 is 23.4 Å². The molecule has 0 radical (unpaired) electrons. The molecule has 0 aliphatic carbocycles. The number of rotatable bonds is 2. The van der Waals surface area contributed by atoms with Crippen LogP contribution in [0, 0.1) is 0 Å². The number of nitrogens with zero attached hydrogens (tertiary/aromatic N) is 3. The number of imidazole rings is 1. The fraction of sp³-hybridized carbons (Fsp3) is 0.111. The van der Waals surface area contributed by atoms with Crippen molar-refractivity contribution in [2.75, 3.05) is 0 Å². The van der Waals surface area contributed by atoms with E-state index in [0.717, 1.165) is 10.2 Å². The Kier molecular flexibility index (Phi) is 2.74. The number of hydrogen-bond acceptors (Lipinski definition) is 3. The molecule has 0 atom stereocenters. The van der Waals surface area contributed by atoms with E-state index < -0.39 is 0 Å². The Morgan fingerprint density at radius 3 is 2.86 bits per heavy atom. The Balaban J connectivity index is 2.28. The predicted molar refractivity (Wildman–Crippen MR) is 56.6 cm³/mol. The lowest BCUT2D eigenvalue weighted by Crippen LogP contribution is -1.89. The van der Waals surface area contributed by atoms with Crippen molar-refractivity contribution in [3.05, 3.63) is 35.7 Å². The minimum Gasteiger partial charge on any atom is -0.329 e. The summed E-state index contributed by atoms with van der Waals surface area (Å²) >= 11 is 7.43. The quantitative estimate of drug-likeness (QED) is 0.787. The van der Waals surface area contributed by atoms with Crippen molar-refractivity contribution in [1.29, 1.82) is 0 Å². The normalized spacial score (nSPS) is 10.4. The van der Waals surface area contributed by atoms with Crippen LogP contribution in [0.1, 0.15) is 0 Å². The average molecular weight is 226 g/mol. The van der Waals surface area contributed by atoms with Crippen LogP contribution in [-0.2, 0) is 7.05 Å². The molecule has 5 heteroatoms. The van der Waals surface area contributed by atoms with E-state index in [1.165, 1.54) is 11.8 Å². The standard InChI is InChI=1S/C9H8ClN3S/c1-13-6-5-12-9(13)14-8-7(10)3-2-4-11-8/h2-6H,1H3. The van der Waals surface area contributed by atoms with Crippen molar-refractivity contribution in [2.24, 2.45) is 7.05 Å². The Morgan fingerprint density at radius 1 is 1.36 bits per heavy atom. The Morgan fingerprint density at radius 2 is 2.21 bits per heavy atom. The van der Waals surface area contributed by atoms with Gasteiger partial charge in [0.2, 0.25) is 0 Å². The monoisotopic (exact) mass is 225 g/mol. The van der Waals surface area contributed by atoms with Gasteiger partial charge in [0.1, 0.15) is 5.03 Å². The summed E-state index contributed by atoms with van der Waals surface area (Å²) in [5, 5.41) is 2.31. The lowest BCUT2D eigenvalue weighted by atomic mass is 10.5. The second-order valence-electron chi connectivity index (χ2n) is 2.71. The molecule has 0 bridgehead atoms. The van der Waals surface area contributed by atoms with E-state index >= 15 is 0 Å². The van der Waals surface area contributed by atoms with Gasteiger partial charge in [0.05, 0.1) is 5.02 Å². The van der Waals surface area contributed by atoms with Crippen LogP contribution in [0.15, 0.2) is 40.9 Å². The van der Waals surface area contributed by atoms with Gasteiger partial charge in [-0.25, -0.2) is 9.97 Å². The third-order valence-corrected chi connectivity index (χ3v) is 3.20. The van der Waals surface area contributed by atoms with Gasteiger partial charge in [-0.2, -0.15) is 0 Å². The molecular weight excluding hydrogens is 218 g/mol. The molecule has 0 unspecified atom stereocenters. The number of aromatic nitrogens is 3. The predicted octanol–water partition coefficient (Wildman–Crippen LogP) is 2.62. The Bertz CT molecular complexity index is 441. The first-order chi connectivity index (χ1) is 6.77. The van der Waals surface area contributed by atoms with Crippen LogP contribution in [0.4, 0.5) is 0 Å². The van der Waals surface area contributed by atoms with Crippen molar-refractivity contribution in [3.8, 4) is 0 Å². The van der Waals surface area contributed by atoms with E-state index in [2.05, 4.69) is 9.97 Å². The van der Waals surface area contributed by atoms with E-state index in [4.69, 9.17) is 11.6 Å². The SMILES string of the molecule is Cn1ccnc1Sc1ncccc1Cl. The first-order valence-corrected chi connectivity index (χ1v) is 5.22. The summed E-state index contributed by atoms with van der Waals surface area (Å²) in [6.45, 7) is 0. The molecule has 2 heterocycles. The van der Waals surface area contributed by atoms with Crippen LogP contribution in [0.2, 0.25) is 5.02 Å². The molecule has 0 aliphatic heterocycles. The molecule has 0 spiro atoms. The summed E-state index contributed by atoms with van der Waals surface area (Å²) in [6, 6.07) is 3.63. The van der Waals surface area contributed by atoms with Gasteiger partial charge in [-0.3, -0.25) is 0 Å². The molecule has 0 N–H and O–H groups in total. The lowest BCUT2D eigenvalue weighted by molar-refractivity contribution is 0.788. The van der Waals surface area contributed by atoms with E-state index in [1.54, 1.807) is 12.4 Å². The first-order valence-electron chi connectivity index (χ1n) is 4.03. The van der Waals surface area contributed by atoms with Crippen LogP contribution < -0.4 is 0 Å². The molecule has 0 aromatic carbocycles. The number of halogens is 1. The van der Waals surface area contributed by atoms with Gasteiger partial charge in [0, 0.05) is 25.6 Å². The van der Waals surface area contributed by atoms with Crippen molar-refractivity contribution in [1.82, 2.24) is 14.5 Å². The van der Waals surface area contributed by atoms with Gasteiger partial charge in [0.25, 0.3) is 0 Å². The number of hydrogen-bond donors (Lipinski definition) is 0. The van der Waals surface area contributed by atoms with Gasteiger partial charge < -0.3 is 4.57 Å². The largest absolute Gasteiger partial charge is 0.329 e. The van der Waals surface area contributed by atoms with Crippen LogP contribution in [0.25, 0.3) is 0 Å². The van der Waals surface area contributed by atoms with E-state index in [0.29, 0.717) is 5.02 Å². The zero-order valence-electron chi connectivity index (χ0n) is 7.51. The van der Waals surface area contributed by atoms with Gasteiger partial charge in [-0.15, -0.1) is 0 Å². The van der Waals surface area contributed by atoms with Crippen LogP contribution in [-0.4, -0.2) is 14.5 Å². The number of aryl methyl sites for hydroxylation is 1. The molecule has 0 aliphatic rings. The molecular formula is C9H8ClN3S. The summed E-state index contributed by atoms with van der Waals surface area (Å²) in [4.78, 5) is 8.35. The topological polar surface area (TPSA) is 30.7 Å². The van der Waals surface area contributed by atoms with E-state index in [9.17, 15) is 0 Å². The molecule has 0 saturated carbocycles. The molecule has 72 valence electrons. The summed E-state index contributed by atoms with van der Waals surface area (Å²) in [5.41, 5.74) is 0. The zero-order valence-corrected chi connectivity index (χ0v) is 9.09. The highest BCUT2D eigenvalue weighted by Gasteiger charge is 2.06. The second-order valence-corrected chi connectivity index (χ2v) is 4.08. The third kappa shape index (κ3) is 1.91. The molecule has 0 saturated heterocycles. The Labute approximate surface area is 91.1 Å².